The van der Waals surface area contributed by atoms with Gasteiger partial charge in [-0.3, -0.25) is 14.9 Å². The molecule has 1 unspecified atom stereocenters. The van der Waals surface area contributed by atoms with Gasteiger partial charge in [0.25, 0.3) is 5.69 Å². The molecule has 0 aromatic heterocycles. The number of methoxy groups -OCH3 is 2. The molecule has 1 amide bonds. The van der Waals surface area contributed by atoms with E-state index in [1.54, 1.807) is 31.3 Å². The zero-order chi connectivity index (χ0) is 18.8. The Morgan fingerprint density at radius 3 is 2.50 bits per heavy atom. The molecule has 1 aliphatic rings. The lowest BCUT2D eigenvalue weighted by Crippen LogP contribution is -2.39. The number of fused-ring (bicyclic) bond motifs is 1. The fourth-order valence-electron chi connectivity index (χ4n) is 3.45. The van der Waals surface area contributed by atoms with Crippen LogP contribution in [0.3, 0.4) is 0 Å². The van der Waals surface area contributed by atoms with Crippen LogP contribution in [0.1, 0.15) is 29.7 Å². The van der Waals surface area contributed by atoms with E-state index in [1.807, 2.05) is 12.1 Å². The molecular formula is C19H20N2O5. The van der Waals surface area contributed by atoms with E-state index in [9.17, 15) is 14.9 Å². The summed E-state index contributed by atoms with van der Waals surface area (Å²) in [6.07, 6.45) is 0.681. The summed E-state index contributed by atoms with van der Waals surface area (Å²) in [4.78, 5) is 24.7. The standard InChI is InChI=1S/C19H20N2O5/c1-12(22)20-8-7-13-10-17(25-2)18(26-3)11-16(13)19(20)14-5-4-6-15(9-14)21(23)24/h4-6,9-11,19H,7-8H2,1-3H3. The minimum atomic E-state index is -0.431. The van der Waals surface area contributed by atoms with Crippen LogP contribution in [-0.4, -0.2) is 36.5 Å². The molecule has 0 fully saturated rings. The molecule has 0 spiro atoms. The van der Waals surface area contributed by atoms with Crippen LogP contribution in [0.5, 0.6) is 11.5 Å². The van der Waals surface area contributed by atoms with Crippen molar-refractivity contribution in [1.29, 1.82) is 0 Å². The topological polar surface area (TPSA) is 81.9 Å². The lowest BCUT2D eigenvalue weighted by molar-refractivity contribution is -0.384. The Labute approximate surface area is 151 Å². The Kier molecular flexibility index (Phi) is 4.79. The summed E-state index contributed by atoms with van der Waals surface area (Å²) in [5, 5.41) is 11.2. The SMILES string of the molecule is COc1cc2c(cc1OC)C(c1cccc([N+](=O)[O-])c1)N(C(C)=O)CC2. The molecular weight excluding hydrogens is 336 g/mol. The first-order valence-corrected chi connectivity index (χ1v) is 8.22. The highest BCUT2D eigenvalue weighted by molar-refractivity contribution is 5.75. The highest BCUT2D eigenvalue weighted by Crippen LogP contribution is 2.41. The molecule has 136 valence electrons. The van der Waals surface area contributed by atoms with Gasteiger partial charge in [-0.15, -0.1) is 0 Å². The molecule has 0 saturated carbocycles. The average Bonchev–Trinajstić information content (AvgIpc) is 2.65. The number of amides is 1. The van der Waals surface area contributed by atoms with Gasteiger partial charge in [-0.2, -0.15) is 0 Å². The predicted octanol–water partition coefficient (Wildman–Crippen LogP) is 3.11. The van der Waals surface area contributed by atoms with Gasteiger partial charge < -0.3 is 14.4 Å². The second kappa shape index (κ2) is 7.03. The van der Waals surface area contributed by atoms with Gasteiger partial charge in [0.2, 0.25) is 5.91 Å². The van der Waals surface area contributed by atoms with Crippen molar-refractivity contribution < 1.29 is 19.2 Å². The van der Waals surface area contributed by atoms with E-state index in [4.69, 9.17) is 9.47 Å². The number of nitrogens with zero attached hydrogens (tertiary/aromatic N) is 2. The number of carbonyl (C=O) groups is 1. The Morgan fingerprint density at radius 1 is 1.19 bits per heavy atom. The van der Waals surface area contributed by atoms with E-state index < -0.39 is 11.0 Å². The van der Waals surface area contributed by atoms with Crippen molar-refractivity contribution in [2.24, 2.45) is 0 Å². The van der Waals surface area contributed by atoms with Gasteiger partial charge in [0.1, 0.15) is 0 Å². The molecule has 1 heterocycles. The maximum absolute atomic E-state index is 12.2. The van der Waals surface area contributed by atoms with Gasteiger partial charge in [-0.25, -0.2) is 0 Å². The van der Waals surface area contributed by atoms with Gasteiger partial charge in [-0.05, 0) is 35.2 Å². The lowest BCUT2D eigenvalue weighted by atomic mass is 9.87. The number of non-ortho nitro benzene ring substituents is 1. The number of carbonyl (C=O) groups excluding carboxylic acids is 1. The van der Waals surface area contributed by atoms with Gasteiger partial charge >= 0.3 is 0 Å². The summed E-state index contributed by atoms with van der Waals surface area (Å²) in [5.74, 6) is 1.11. The summed E-state index contributed by atoms with van der Waals surface area (Å²) in [6, 6.07) is 9.77. The monoisotopic (exact) mass is 356 g/mol. The quantitative estimate of drug-likeness (QED) is 0.621. The molecule has 7 nitrogen and oxygen atoms in total. The van der Waals surface area contributed by atoms with Crippen molar-refractivity contribution in [2.75, 3.05) is 20.8 Å². The highest BCUT2D eigenvalue weighted by atomic mass is 16.6. The third kappa shape index (κ3) is 3.08. The molecule has 0 saturated heterocycles. The first-order chi connectivity index (χ1) is 12.5. The molecule has 2 aromatic rings. The molecule has 3 rings (SSSR count). The van der Waals surface area contributed by atoms with Crippen molar-refractivity contribution in [3.63, 3.8) is 0 Å². The first kappa shape index (κ1) is 17.7. The number of benzene rings is 2. The number of hydrogen-bond donors (Lipinski definition) is 0. The van der Waals surface area contributed by atoms with E-state index in [-0.39, 0.29) is 11.6 Å². The Bertz CT molecular complexity index is 865. The number of hydrogen-bond acceptors (Lipinski definition) is 5. The first-order valence-electron chi connectivity index (χ1n) is 8.22. The Morgan fingerprint density at radius 2 is 1.88 bits per heavy atom. The van der Waals surface area contributed by atoms with E-state index in [1.165, 1.54) is 19.1 Å². The average molecular weight is 356 g/mol. The van der Waals surface area contributed by atoms with E-state index in [0.717, 1.165) is 11.1 Å². The van der Waals surface area contributed by atoms with Gasteiger partial charge in [0.15, 0.2) is 11.5 Å². The van der Waals surface area contributed by atoms with Crippen LogP contribution in [0, 0.1) is 10.1 Å². The van der Waals surface area contributed by atoms with Crippen LogP contribution >= 0.6 is 0 Å². The molecule has 0 radical (unpaired) electrons. The van der Waals surface area contributed by atoms with Crippen LogP contribution < -0.4 is 9.47 Å². The Hall–Kier alpha value is -3.09. The predicted molar refractivity (Wildman–Crippen MR) is 95.6 cm³/mol. The highest BCUT2D eigenvalue weighted by Gasteiger charge is 2.32. The minimum absolute atomic E-state index is 0.00129. The fourth-order valence-corrected chi connectivity index (χ4v) is 3.45. The van der Waals surface area contributed by atoms with Crippen molar-refractivity contribution in [1.82, 2.24) is 4.90 Å². The van der Waals surface area contributed by atoms with Gasteiger partial charge in [0.05, 0.1) is 25.2 Å². The van der Waals surface area contributed by atoms with Crippen molar-refractivity contribution in [3.8, 4) is 11.5 Å². The molecule has 7 heteroatoms. The smallest absolute Gasteiger partial charge is 0.269 e. The number of rotatable bonds is 4. The molecule has 0 bridgehead atoms. The zero-order valence-electron chi connectivity index (χ0n) is 14.9. The summed E-state index contributed by atoms with van der Waals surface area (Å²) in [7, 11) is 3.13. The Balaban J connectivity index is 2.19. The van der Waals surface area contributed by atoms with Gasteiger partial charge in [-0.1, -0.05) is 12.1 Å². The van der Waals surface area contributed by atoms with Crippen LogP contribution in [-0.2, 0) is 11.2 Å². The third-order valence-corrected chi connectivity index (χ3v) is 4.67. The van der Waals surface area contributed by atoms with Crippen LogP contribution in [0.25, 0.3) is 0 Å². The molecule has 0 N–H and O–H groups in total. The number of ether oxygens (including phenoxy) is 2. The second-order valence-electron chi connectivity index (χ2n) is 6.12. The largest absolute Gasteiger partial charge is 0.493 e. The summed E-state index contributed by atoms with van der Waals surface area (Å²) in [5.41, 5.74) is 2.63. The molecule has 1 aliphatic heterocycles. The van der Waals surface area contributed by atoms with Crippen LogP contribution in [0.15, 0.2) is 36.4 Å². The summed E-state index contributed by atoms with van der Waals surface area (Å²) in [6.45, 7) is 2.04. The molecule has 2 aromatic carbocycles. The number of nitro benzene ring substituents is 1. The van der Waals surface area contributed by atoms with Gasteiger partial charge in [0, 0.05) is 25.6 Å². The van der Waals surface area contributed by atoms with Crippen molar-refractivity contribution in [3.05, 3.63) is 63.2 Å². The third-order valence-electron chi connectivity index (χ3n) is 4.67. The molecule has 26 heavy (non-hydrogen) atoms. The molecule has 0 aliphatic carbocycles. The lowest BCUT2D eigenvalue weighted by Gasteiger charge is -2.37. The second-order valence-corrected chi connectivity index (χ2v) is 6.12. The molecule has 1 atom stereocenters. The minimum Gasteiger partial charge on any atom is -0.493 e. The van der Waals surface area contributed by atoms with E-state index in [0.29, 0.717) is 30.0 Å². The van der Waals surface area contributed by atoms with Crippen molar-refractivity contribution >= 4 is 11.6 Å². The normalized spacial score (nSPS) is 16.0. The van der Waals surface area contributed by atoms with Crippen LogP contribution in [0.4, 0.5) is 5.69 Å². The number of nitro groups is 1. The fraction of sp³-hybridized carbons (Fsp3) is 0.316. The zero-order valence-corrected chi connectivity index (χ0v) is 14.9. The summed E-state index contributed by atoms with van der Waals surface area (Å²) < 4.78 is 10.8. The maximum atomic E-state index is 12.2. The maximum Gasteiger partial charge on any atom is 0.269 e. The summed E-state index contributed by atoms with van der Waals surface area (Å²) >= 11 is 0. The van der Waals surface area contributed by atoms with E-state index >= 15 is 0 Å². The van der Waals surface area contributed by atoms with E-state index in [2.05, 4.69) is 0 Å². The van der Waals surface area contributed by atoms with Crippen molar-refractivity contribution in [2.45, 2.75) is 19.4 Å². The van der Waals surface area contributed by atoms with Crippen LogP contribution in [0.2, 0.25) is 0 Å².